The van der Waals surface area contributed by atoms with E-state index in [1.807, 2.05) is 17.5 Å². The van der Waals surface area contributed by atoms with Crippen LogP contribution in [0.15, 0.2) is 24.7 Å². The summed E-state index contributed by atoms with van der Waals surface area (Å²) in [6, 6.07) is 1.79. The molecule has 0 unspecified atom stereocenters. The number of fused-ring (bicyclic) bond motifs is 1. The molecule has 0 amide bonds. The number of carbonyl (C=O) groups is 1. The Balaban J connectivity index is 2.47. The average Bonchev–Trinajstić information content (AvgIpc) is 2.63. The van der Waals surface area contributed by atoms with Crippen LogP contribution in [0.25, 0.3) is 5.52 Å². The molecule has 2 aromatic rings. The second-order valence-electron chi connectivity index (χ2n) is 3.25. The molecule has 0 aromatic carbocycles. The molecule has 0 saturated carbocycles. The van der Waals surface area contributed by atoms with Crippen LogP contribution in [-0.4, -0.2) is 22.0 Å². The Kier molecular flexibility index (Phi) is 2.41. The number of aryl methyl sites for hydroxylation is 1. The highest BCUT2D eigenvalue weighted by atomic mass is 16.5. The lowest BCUT2D eigenvalue weighted by atomic mass is 10.3. The first-order valence-corrected chi connectivity index (χ1v) is 4.83. The molecule has 4 nitrogen and oxygen atoms in total. The maximum atomic E-state index is 11.5. The molecule has 0 aliphatic carbocycles. The summed E-state index contributed by atoms with van der Waals surface area (Å²) >= 11 is 0. The lowest BCUT2D eigenvalue weighted by Crippen LogP contribution is -2.02. The van der Waals surface area contributed by atoms with E-state index in [1.165, 1.54) is 0 Å². The first-order chi connectivity index (χ1) is 7.22. The van der Waals surface area contributed by atoms with Gasteiger partial charge in [0.25, 0.3) is 0 Å². The van der Waals surface area contributed by atoms with Crippen molar-refractivity contribution in [2.45, 2.75) is 13.8 Å². The van der Waals surface area contributed by atoms with Gasteiger partial charge in [-0.25, -0.2) is 4.79 Å². The fraction of sp³-hybridized carbons (Fsp3) is 0.273. The van der Waals surface area contributed by atoms with Crippen LogP contribution in [0.5, 0.6) is 0 Å². The van der Waals surface area contributed by atoms with E-state index in [0.717, 1.165) is 11.2 Å². The van der Waals surface area contributed by atoms with Crippen molar-refractivity contribution in [3.8, 4) is 0 Å². The van der Waals surface area contributed by atoms with Crippen molar-refractivity contribution in [1.82, 2.24) is 9.38 Å². The highest BCUT2D eigenvalue weighted by Crippen LogP contribution is 2.13. The zero-order valence-electron chi connectivity index (χ0n) is 8.73. The summed E-state index contributed by atoms with van der Waals surface area (Å²) in [4.78, 5) is 15.6. The molecule has 0 aliphatic heterocycles. The maximum absolute atomic E-state index is 11.5. The molecule has 2 rings (SSSR count). The Morgan fingerprint density at radius 2 is 2.40 bits per heavy atom. The molecule has 0 spiro atoms. The first-order valence-electron chi connectivity index (χ1n) is 4.83. The van der Waals surface area contributed by atoms with Crippen LogP contribution in [0.2, 0.25) is 0 Å². The molecule has 0 aliphatic rings. The zero-order chi connectivity index (χ0) is 10.8. The van der Waals surface area contributed by atoms with Crippen LogP contribution < -0.4 is 0 Å². The molecule has 2 heterocycles. The van der Waals surface area contributed by atoms with Crippen LogP contribution in [0, 0.1) is 6.92 Å². The lowest BCUT2D eigenvalue weighted by molar-refractivity contribution is 0.0526. The van der Waals surface area contributed by atoms with Crippen molar-refractivity contribution in [3.63, 3.8) is 0 Å². The highest BCUT2D eigenvalue weighted by molar-refractivity contribution is 5.91. The number of hydrogen-bond donors (Lipinski definition) is 0. The quantitative estimate of drug-likeness (QED) is 0.701. The van der Waals surface area contributed by atoms with Gasteiger partial charge in [-0.3, -0.25) is 4.98 Å². The van der Waals surface area contributed by atoms with Crippen molar-refractivity contribution >= 4 is 11.5 Å². The third-order valence-corrected chi connectivity index (χ3v) is 2.23. The largest absolute Gasteiger partial charge is 0.462 e. The fourth-order valence-electron chi connectivity index (χ4n) is 1.50. The van der Waals surface area contributed by atoms with E-state index in [9.17, 15) is 4.79 Å². The second-order valence-corrected chi connectivity index (χ2v) is 3.25. The van der Waals surface area contributed by atoms with Crippen molar-refractivity contribution in [2.24, 2.45) is 0 Å². The van der Waals surface area contributed by atoms with Gasteiger partial charge in [0.2, 0.25) is 0 Å². The van der Waals surface area contributed by atoms with E-state index >= 15 is 0 Å². The van der Waals surface area contributed by atoms with Gasteiger partial charge < -0.3 is 9.14 Å². The summed E-state index contributed by atoms with van der Waals surface area (Å²) in [7, 11) is 0. The number of rotatable bonds is 2. The Bertz CT molecular complexity index is 502. The number of esters is 1. The summed E-state index contributed by atoms with van der Waals surface area (Å²) in [6.07, 6.45) is 5.27. The standard InChI is InChI=1S/C11H12N2O2/c1-3-15-11(14)9-6-10-8(2)12-4-5-13(10)7-9/h4-7H,3H2,1-2H3. The third kappa shape index (κ3) is 1.70. The van der Waals surface area contributed by atoms with Gasteiger partial charge in [-0.05, 0) is 19.9 Å². The molecule has 78 valence electrons. The van der Waals surface area contributed by atoms with E-state index in [4.69, 9.17) is 4.74 Å². The number of hydrogen-bond acceptors (Lipinski definition) is 3. The number of nitrogens with zero attached hydrogens (tertiary/aromatic N) is 2. The molecular weight excluding hydrogens is 192 g/mol. The van der Waals surface area contributed by atoms with Crippen molar-refractivity contribution < 1.29 is 9.53 Å². The molecule has 0 atom stereocenters. The van der Waals surface area contributed by atoms with Crippen molar-refractivity contribution in [2.75, 3.05) is 6.61 Å². The molecule has 0 radical (unpaired) electrons. The topological polar surface area (TPSA) is 43.6 Å². The predicted octanol–water partition coefficient (Wildman–Crippen LogP) is 1.82. The van der Waals surface area contributed by atoms with Gasteiger partial charge in [0, 0.05) is 18.6 Å². The molecule has 0 fully saturated rings. The first kappa shape index (κ1) is 9.71. The Morgan fingerprint density at radius 3 is 3.07 bits per heavy atom. The van der Waals surface area contributed by atoms with E-state index < -0.39 is 0 Å². The fourth-order valence-corrected chi connectivity index (χ4v) is 1.50. The number of carbonyl (C=O) groups excluding carboxylic acids is 1. The maximum Gasteiger partial charge on any atom is 0.339 e. The zero-order valence-corrected chi connectivity index (χ0v) is 8.73. The minimum absolute atomic E-state index is 0.291. The predicted molar refractivity (Wildman–Crippen MR) is 55.9 cm³/mol. The van der Waals surface area contributed by atoms with Gasteiger partial charge in [-0.1, -0.05) is 0 Å². The Hall–Kier alpha value is -1.84. The number of ether oxygens (including phenoxy) is 1. The minimum Gasteiger partial charge on any atom is -0.462 e. The van der Waals surface area contributed by atoms with Crippen LogP contribution in [0.3, 0.4) is 0 Å². The summed E-state index contributed by atoms with van der Waals surface area (Å²) in [5.41, 5.74) is 2.39. The van der Waals surface area contributed by atoms with Gasteiger partial charge in [-0.2, -0.15) is 0 Å². The molecular formula is C11H12N2O2. The summed E-state index contributed by atoms with van der Waals surface area (Å²) in [5, 5.41) is 0. The summed E-state index contributed by atoms with van der Waals surface area (Å²) in [5.74, 6) is -0.291. The van der Waals surface area contributed by atoms with Crippen LogP contribution in [0.4, 0.5) is 0 Å². The molecule has 15 heavy (non-hydrogen) atoms. The van der Waals surface area contributed by atoms with E-state index in [-0.39, 0.29) is 5.97 Å². The molecule has 4 heteroatoms. The second kappa shape index (κ2) is 3.73. The smallest absolute Gasteiger partial charge is 0.339 e. The lowest BCUT2D eigenvalue weighted by Gasteiger charge is -1.96. The van der Waals surface area contributed by atoms with E-state index in [2.05, 4.69) is 4.98 Å². The van der Waals surface area contributed by atoms with Gasteiger partial charge in [0.05, 0.1) is 23.4 Å². The minimum atomic E-state index is -0.291. The SMILES string of the molecule is CCOC(=O)c1cc2c(C)nccn2c1. The van der Waals surface area contributed by atoms with Crippen LogP contribution >= 0.6 is 0 Å². The van der Waals surface area contributed by atoms with E-state index in [1.54, 1.807) is 25.4 Å². The van der Waals surface area contributed by atoms with Gasteiger partial charge in [-0.15, -0.1) is 0 Å². The molecule has 0 saturated heterocycles. The summed E-state index contributed by atoms with van der Waals surface area (Å²) in [6.45, 7) is 4.09. The Morgan fingerprint density at radius 1 is 1.60 bits per heavy atom. The number of aromatic nitrogens is 2. The molecule has 2 aromatic heterocycles. The third-order valence-electron chi connectivity index (χ3n) is 2.23. The van der Waals surface area contributed by atoms with Gasteiger partial charge in [0.1, 0.15) is 0 Å². The van der Waals surface area contributed by atoms with Crippen LogP contribution in [0.1, 0.15) is 23.0 Å². The van der Waals surface area contributed by atoms with Crippen molar-refractivity contribution in [3.05, 3.63) is 35.9 Å². The average molecular weight is 204 g/mol. The monoisotopic (exact) mass is 204 g/mol. The van der Waals surface area contributed by atoms with E-state index in [0.29, 0.717) is 12.2 Å². The molecule has 0 bridgehead atoms. The molecule has 0 N–H and O–H groups in total. The van der Waals surface area contributed by atoms with Gasteiger partial charge >= 0.3 is 5.97 Å². The van der Waals surface area contributed by atoms with Gasteiger partial charge in [0.15, 0.2) is 0 Å². The van der Waals surface area contributed by atoms with Crippen LogP contribution in [-0.2, 0) is 4.74 Å². The highest BCUT2D eigenvalue weighted by Gasteiger charge is 2.10. The Labute approximate surface area is 87.5 Å². The summed E-state index contributed by atoms with van der Waals surface area (Å²) < 4.78 is 6.79. The van der Waals surface area contributed by atoms with Crippen molar-refractivity contribution in [1.29, 1.82) is 0 Å². The normalized spacial score (nSPS) is 10.5.